The highest BCUT2D eigenvalue weighted by atomic mass is 32.2. The standard InChI is InChI=1S/C11H15FO4S/c1-16-11-4-3-8(7-9(11)12)10(13)5-6-17(2,14)15/h3-4,7,10,13H,5-6H2,1-2H3. The third-order valence-electron chi connectivity index (χ3n) is 2.32. The zero-order valence-electron chi connectivity index (χ0n) is 9.68. The molecular formula is C11H15FO4S. The van der Waals surface area contributed by atoms with E-state index in [4.69, 9.17) is 4.74 Å². The molecule has 17 heavy (non-hydrogen) atoms. The number of halogens is 1. The van der Waals surface area contributed by atoms with E-state index in [1.165, 1.54) is 19.2 Å². The Morgan fingerprint density at radius 1 is 1.47 bits per heavy atom. The zero-order valence-corrected chi connectivity index (χ0v) is 10.5. The summed E-state index contributed by atoms with van der Waals surface area (Å²) in [5.41, 5.74) is 0.340. The van der Waals surface area contributed by atoms with Crippen LogP contribution in [-0.2, 0) is 9.84 Å². The van der Waals surface area contributed by atoms with E-state index in [9.17, 15) is 17.9 Å². The molecule has 0 aromatic heterocycles. The summed E-state index contributed by atoms with van der Waals surface area (Å²) < 4.78 is 39.9. The monoisotopic (exact) mass is 262 g/mol. The van der Waals surface area contributed by atoms with Gasteiger partial charge in [0.15, 0.2) is 11.6 Å². The lowest BCUT2D eigenvalue weighted by atomic mass is 10.1. The van der Waals surface area contributed by atoms with Crippen LogP contribution in [0.5, 0.6) is 5.75 Å². The van der Waals surface area contributed by atoms with Crippen LogP contribution in [0.4, 0.5) is 4.39 Å². The maximum Gasteiger partial charge on any atom is 0.165 e. The van der Waals surface area contributed by atoms with Crippen molar-refractivity contribution in [2.24, 2.45) is 0 Å². The smallest absolute Gasteiger partial charge is 0.165 e. The summed E-state index contributed by atoms with van der Waals surface area (Å²) in [5.74, 6) is -0.630. The number of hydrogen-bond donors (Lipinski definition) is 1. The van der Waals surface area contributed by atoms with Crippen molar-refractivity contribution in [3.05, 3.63) is 29.6 Å². The van der Waals surface area contributed by atoms with Gasteiger partial charge in [0.1, 0.15) is 9.84 Å². The Morgan fingerprint density at radius 2 is 2.12 bits per heavy atom. The molecule has 6 heteroatoms. The first-order valence-electron chi connectivity index (χ1n) is 5.02. The minimum atomic E-state index is -3.13. The fourth-order valence-corrected chi connectivity index (χ4v) is 2.03. The molecule has 0 aliphatic carbocycles. The summed E-state index contributed by atoms with van der Waals surface area (Å²) in [6.45, 7) is 0. The van der Waals surface area contributed by atoms with Crippen molar-refractivity contribution in [1.29, 1.82) is 0 Å². The van der Waals surface area contributed by atoms with Crippen LogP contribution in [0.2, 0.25) is 0 Å². The predicted octanol–water partition coefficient (Wildman–Crippen LogP) is 1.30. The van der Waals surface area contributed by atoms with Gasteiger partial charge in [0.25, 0.3) is 0 Å². The van der Waals surface area contributed by atoms with Gasteiger partial charge < -0.3 is 9.84 Å². The van der Waals surface area contributed by atoms with Crippen LogP contribution in [0.3, 0.4) is 0 Å². The van der Waals surface area contributed by atoms with E-state index in [-0.39, 0.29) is 17.9 Å². The van der Waals surface area contributed by atoms with Crippen LogP contribution < -0.4 is 4.74 Å². The molecule has 0 fully saturated rings. The summed E-state index contributed by atoms with van der Waals surface area (Å²) in [7, 11) is -1.78. The molecular weight excluding hydrogens is 247 g/mol. The first-order valence-corrected chi connectivity index (χ1v) is 7.09. The summed E-state index contributed by atoms with van der Waals surface area (Å²) in [4.78, 5) is 0. The van der Waals surface area contributed by atoms with Crippen molar-refractivity contribution in [1.82, 2.24) is 0 Å². The molecule has 1 aromatic rings. The average molecular weight is 262 g/mol. The Balaban J connectivity index is 2.76. The van der Waals surface area contributed by atoms with Gasteiger partial charge in [0, 0.05) is 6.26 Å². The molecule has 0 saturated carbocycles. The number of rotatable bonds is 5. The predicted molar refractivity (Wildman–Crippen MR) is 62.2 cm³/mol. The van der Waals surface area contributed by atoms with Crippen molar-refractivity contribution in [2.45, 2.75) is 12.5 Å². The Labute approximate surface area is 100.0 Å². The molecule has 0 saturated heterocycles. The Kier molecular flexibility index (Phi) is 4.47. The summed E-state index contributed by atoms with van der Waals surface area (Å²) in [6, 6.07) is 4.05. The molecule has 4 nitrogen and oxygen atoms in total. The molecule has 0 aliphatic rings. The lowest BCUT2D eigenvalue weighted by Crippen LogP contribution is -2.08. The molecule has 1 unspecified atom stereocenters. The van der Waals surface area contributed by atoms with Gasteiger partial charge in [-0.1, -0.05) is 6.07 Å². The Morgan fingerprint density at radius 3 is 2.59 bits per heavy atom. The van der Waals surface area contributed by atoms with Crippen LogP contribution in [0, 0.1) is 5.82 Å². The highest BCUT2D eigenvalue weighted by Crippen LogP contribution is 2.23. The lowest BCUT2D eigenvalue weighted by molar-refractivity contribution is 0.173. The fraction of sp³-hybridized carbons (Fsp3) is 0.455. The topological polar surface area (TPSA) is 63.6 Å². The zero-order chi connectivity index (χ0) is 13.1. The third-order valence-corrected chi connectivity index (χ3v) is 3.30. The van der Waals surface area contributed by atoms with E-state index in [2.05, 4.69) is 0 Å². The second-order valence-electron chi connectivity index (χ2n) is 3.83. The molecule has 0 amide bonds. The highest BCUT2D eigenvalue weighted by Gasteiger charge is 2.13. The highest BCUT2D eigenvalue weighted by molar-refractivity contribution is 7.90. The van der Waals surface area contributed by atoms with Gasteiger partial charge in [0.05, 0.1) is 19.0 Å². The van der Waals surface area contributed by atoms with Crippen molar-refractivity contribution >= 4 is 9.84 Å². The minimum absolute atomic E-state index is 0.0462. The summed E-state index contributed by atoms with van der Waals surface area (Å²) >= 11 is 0. The summed E-state index contributed by atoms with van der Waals surface area (Å²) in [5, 5.41) is 9.70. The van der Waals surface area contributed by atoms with E-state index < -0.39 is 21.8 Å². The molecule has 96 valence electrons. The molecule has 1 atom stereocenters. The maximum atomic E-state index is 13.3. The normalized spacial score (nSPS) is 13.4. The van der Waals surface area contributed by atoms with Crippen LogP contribution in [0.1, 0.15) is 18.1 Å². The lowest BCUT2D eigenvalue weighted by Gasteiger charge is -2.11. The Hall–Kier alpha value is -1.14. The second kappa shape index (κ2) is 5.46. The second-order valence-corrected chi connectivity index (χ2v) is 6.09. The maximum absolute atomic E-state index is 13.3. The van der Waals surface area contributed by atoms with Crippen molar-refractivity contribution in [3.63, 3.8) is 0 Å². The Bertz CT molecular complexity index is 484. The number of ether oxygens (including phenoxy) is 1. The minimum Gasteiger partial charge on any atom is -0.494 e. The SMILES string of the molecule is COc1ccc(C(O)CCS(C)(=O)=O)cc1F. The van der Waals surface area contributed by atoms with E-state index >= 15 is 0 Å². The van der Waals surface area contributed by atoms with Crippen LogP contribution in [0.25, 0.3) is 0 Å². The van der Waals surface area contributed by atoms with Crippen LogP contribution in [-0.4, -0.2) is 32.6 Å². The van der Waals surface area contributed by atoms with E-state index in [0.29, 0.717) is 5.56 Å². The number of hydrogen-bond acceptors (Lipinski definition) is 4. The number of methoxy groups -OCH3 is 1. The van der Waals surface area contributed by atoms with Crippen molar-refractivity contribution in [2.75, 3.05) is 19.1 Å². The van der Waals surface area contributed by atoms with E-state index in [1.54, 1.807) is 0 Å². The molecule has 1 aromatic carbocycles. The number of benzene rings is 1. The van der Waals surface area contributed by atoms with E-state index in [1.807, 2.05) is 0 Å². The first kappa shape index (κ1) is 13.9. The van der Waals surface area contributed by atoms with Gasteiger partial charge in [0.2, 0.25) is 0 Å². The first-order chi connectivity index (χ1) is 7.83. The average Bonchev–Trinajstić information content (AvgIpc) is 2.24. The van der Waals surface area contributed by atoms with Crippen LogP contribution in [0.15, 0.2) is 18.2 Å². The van der Waals surface area contributed by atoms with Crippen LogP contribution >= 0.6 is 0 Å². The van der Waals surface area contributed by atoms with Gasteiger partial charge in [-0.25, -0.2) is 12.8 Å². The molecule has 0 radical (unpaired) electrons. The van der Waals surface area contributed by atoms with E-state index in [0.717, 1.165) is 12.3 Å². The van der Waals surface area contributed by atoms with Crippen molar-refractivity contribution < 1.29 is 22.7 Å². The van der Waals surface area contributed by atoms with Gasteiger partial charge in [-0.05, 0) is 24.1 Å². The number of aliphatic hydroxyl groups excluding tert-OH is 1. The molecule has 1 N–H and O–H groups in total. The van der Waals surface area contributed by atoms with Gasteiger partial charge in [-0.2, -0.15) is 0 Å². The van der Waals surface area contributed by atoms with Gasteiger partial charge in [-0.15, -0.1) is 0 Å². The number of aliphatic hydroxyl groups is 1. The number of sulfone groups is 1. The van der Waals surface area contributed by atoms with Gasteiger partial charge >= 0.3 is 0 Å². The van der Waals surface area contributed by atoms with Crippen molar-refractivity contribution in [3.8, 4) is 5.75 Å². The molecule has 1 rings (SSSR count). The van der Waals surface area contributed by atoms with Gasteiger partial charge in [-0.3, -0.25) is 0 Å². The molecule has 0 spiro atoms. The fourth-order valence-electron chi connectivity index (χ4n) is 1.38. The molecule has 0 aliphatic heterocycles. The molecule has 0 bridgehead atoms. The summed E-state index contributed by atoms with van der Waals surface area (Å²) in [6.07, 6.45) is 0.143. The third kappa shape index (κ3) is 4.32. The molecule has 0 heterocycles. The largest absolute Gasteiger partial charge is 0.494 e. The quantitative estimate of drug-likeness (QED) is 0.868.